The molecule has 2 heterocycles. The number of benzene rings is 1. The minimum atomic E-state index is 0.105. The summed E-state index contributed by atoms with van der Waals surface area (Å²) in [6.07, 6.45) is 3.09. The van der Waals surface area contributed by atoms with Crippen LogP contribution >= 0.6 is 11.3 Å². The summed E-state index contributed by atoms with van der Waals surface area (Å²) in [4.78, 5) is 16.0. The number of aromatic nitrogens is 1. The number of hydrogen-bond donors (Lipinski definition) is 1. The van der Waals surface area contributed by atoms with Crippen molar-refractivity contribution in [3.8, 4) is 0 Å². The second kappa shape index (κ2) is 6.00. The molecule has 1 aromatic carbocycles. The number of thiophene rings is 1. The Labute approximate surface area is 151 Å². The fourth-order valence-corrected chi connectivity index (χ4v) is 4.78. The summed E-state index contributed by atoms with van der Waals surface area (Å²) in [5, 5.41) is 3.10. The molecule has 4 nitrogen and oxygen atoms in total. The number of nitrogen functional groups attached to an aromatic ring is 1. The van der Waals surface area contributed by atoms with Crippen LogP contribution in [0, 0.1) is 6.92 Å². The highest BCUT2D eigenvalue weighted by Crippen LogP contribution is 2.33. The smallest absolute Gasteiger partial charge is 0.203 e. The van der Waals surface area contributed by atoms with Gasteiger partial charge < -0.3 is 10.7 Å². The lowest BCUT2D eigenvalue weighted by molar-refractivity contribution is 0.104. The van der Waals surface area contributed by atoms with Crippen LogP contribution in [0.15, 0.2) is 29.6 Å². The molecule has 0 amide bonds. The first-order valence-corrected chi connectivity index (χ1v) is 9.52. The van der Waals surface area contributed by atoms with Crippen molar-refractivity contribution in [2.45, 2.75) is 32.2 Å². The van der Waals surface area contributed by atoms with Gasteiger partial charge in [0.1, 0.15) is 0 Å². The Balaban J connectivity index is 1.82. The maximum Gasteiger partial charge on any atom is 0.203 e. The highest BCUT2D eigenvalue weighted by Gasteiger charge is 2.26. The van der Waals surface area contributed by atoms with E-state index >= 15 is 0 Å². The first-order valence-electron chi connectivity index (χ1n) is 8.64. The Kier molecular flexibility index (Phi) is 3.93. The molecule has 5 heteroatoms. The zero-order valence-corrected chi connectivity index (χ0v) is 15.7. The van der Waals surface area contributed by atoms with Crippen molar-refractivity contribution >= 4 is 28.0 Å². The maximum atomic E-state index is 12.9. The summed E-state index contributed by atoms with van der Waals surface area (Å²) in [6.45, 7) is 1.99. The van der Waals surface area contributed by atoms with Crippen molar-refractivity contribution in [3.05, 3.63) is 56.9 Å². The van der Waals surface area contributed by atoms with Crippen LogP contribution in [0.1, 0.15) is 38.5 Å². The maximum absolute atomic E-state index is 12.9. The Morgan fingerprint density at radius 3 is 2.80 bits per heavy atom. The minimum absolute atomic E-state index is 0.105. The first-order chi connectivity index (χ1) is 12.0. The van der Waals surface area contributed by atoms with Crippen LogP contribution in [0.5, 0.6) is 0 Å². The predicted octanol–water partition coefficient (Wildman–Crippen LogP) is 3.37. The number of likely N-dealkylation sites (N-methyl/N-ethyl adjacent to an activating group) is 1. The Morgan fingerprint density at radius 1 is 1.32 bits per heavy atom. The summed E-state index contributed by atoms with van der Waals surface area (Å²) >= 11 is 1.51. The average molecular weight is 353 g/mol. The molecule has 0 saturated carbocycles. The van der Waals surface area contributed by atoms with Gasteiger partial charge in [0.2, 0.25) is 5.78 Å². The molecular weight excluding hydrogens is 330 g/mol. The third kappa shape index (κ3) is 2.58. The summed E-state index contributed by atoms with van der Waals surface area (Å²) < 4.78 is 1.82. The van der Waals surface area contributed by atoms with Crippen molar-refractivity contribution in [1.82, 2.24) is 9.58 Å². The van der Waals surface area contributed by atoms with Gasteiger partial charge in [-0.1, -0.05) is 0 Å². The van der Waals surface area contributed by atoms with E-state index in [1.165, 1.54) is 22.6 Å². The summed E-state index contributed by atoms with van der Waals surface area (Å²) in [5.74, 6) is 6.45. The molecule has 4 rings (SSSR count). The molecule has 0 bridgehead atoms. The molecule has 2 N–H and O–H groups in total. The van der Waals surface area contributed by atoms with E-state index in [-0.39, 0.29) is 5.78 Å². The van der Waals surface area contributed by atoms with Crippen molar-refractivity contribution in [2.24, 2.45) is 0 Å². The van der Waals surface area contributed by atoms with Crippen LogP contribution in [-0.2, 0) is 12.8 Å². The number of fused-ring (bicyclic) bond motifs is 3. The Hall–Kier alpha value is -2.11. The number of rotatable bonds is 3. The van der Waals surface area contributed by atoms with E-state index in [0.29, 0.717) is 6.04 Å². The number of aryl methyl sites for hydroxylation is 1. The Bertz CT molecular complexity index is 967. The predicted molar refractivity (Wildman–Crippen MR) is 104 cm³/mol. The van der Waals surface area contributed by atoms with Crippen molar-refractivity contribution in [2.75, 3.05) is 19.9 Å². The second-order valence-electron chi connectivity index (χ2n) is 7.15. The van der Waals surface area contributed by atoms with Gasteiger partial charge in [-0.3, -0.25) is 9.47 Å². The molecule has 0 spiro atoms. The zero-order chi connectivity index (χ0) is 17.7. The summed E-state index contributed by atoms with van der Waals surface area (Å²) in [7, 11) is 4.26. The molecule has 1 aliphatic carbocycles. The van der Waals surface area contributed by atoms with Gasteiger partial charge in [0.15, 0.2) is 0 Å². The van der Waals surface area contributed by atoms with Crippen LogP contribution < -0.4 is 5.84 Å². The number of hydrogen-bond acceptors (Lipinski definition) is 4. The van der Waals surface area contributed by atoms with Crippen molar-refractivity contribution < 1.29 is 4.79 Å². The fraction of sp³-hybridized carbons (Fsp3) is 0.350. The molecule has 1 atom stereocenters. The van der Waals surface area contributed by atoms with Crippen molar-refractivity contribution in [3.63, 3.8) is 0 Å². The molecule has 1 unspecified atom stereocenters. The number of ketones is 1. The van der Waals surface area contributed by atoms with E-state index in [1.54, 1.807) is 0 Å². The lowest BCUT2D eigenvalue weighted by Crippen LogP contribution is -2.34. The second-order valence-corrected chi connectivity index (χ2v) is 8.07. The van der Waals surface area contributed by atoms with E-state index < -0.39 is 0 Å². The highest BCUT2D eigenvalue weighted by molar-refractivity contribution is 7.12. The van der Waals surface area contributed by atoms with Crippen LogP contribution in [0.2, 0.25) is 0 Å². The molecule has 1 aliphatic rings. The third-order valence-corrected chi connectivity index (χ3v) is 6.45. The van der Waals surface area contributed by atoms with Gasteiger partial charge in [-0.2, -0.15) is 0 Å². The van der Waals surface area contributed by atoms with Gasteiger partial charge in [-0.25, -0.2) is 0 Å². The lowest BCUT2D eigenvalue weighted by atomic mass is 9.90. The van der Waals surface area contributed by atoms with Gasteiger partial charge in [0.05, 0.1) is 10.4 Å². The van der Waals surface area contributed by atoms with Gasteiger partial charge >= 0.3 is 0 Å². The number of nitrogens with zero attached hydrogens (tertiary/aromatic N) is 2. The van der Waals surface area contributed by atoms with Crippen LogP contribution in [0.4, 0.5) is 0 Å². The van der Waals surface area contributed by atoms with Gasteiger partial charge in [-0.05, 0) is 81.1 Å². The molecule has 3 aromatic rings. The van der Waals surface area contributed by atoms with Crippen LogP contribution in [0.25, 0.3) is 10.9 Å². The number of carbonyl (C=O) groups excluding carboxylic acids is 1. The molecule has 130 valence electrons. The fourth-order valence-electron chi connectivity index (χ4n) is 3.89. The number of nitrogens with two attached hydrogens (primary N) is 1. The largest absolute Gasteiger partial charge is 0.339 e. The summed E-state index contributed by atoms with van der Waals surface area (Å²) in [6, 6.07) is 8.46. The summed E-state index contributed by atoms with van der Waals surface area (Å²) in [5.41, 5.74) is 5.33. The van der Waals surface area contributed by atoms with Gasteiger partial charge in [-0.15, -0.1) is 11.3 Å². The highest BCUT2D eigenvalue weighted by atomic mass is 32.1. The molecule has 0 aliphatic heterocycles. The molecule has 0 fully saturated rings. The van der Waals surface area contributed by atoms with E-state index in [4.69, 9.17) is 5.84 Å². The van der Waals surface area contributed by atoms with Crippen LogP contribution in [0.3, 0.4) is 0 Å². The zero-order valence-electron chi connectivity index (χ0n) is 14.9. The monoisotopic (exact) mass is 353 g/mol. The van der Waals surface area contributed by atoms with E-state index in [2.05, 4.69) is 19.0 Å². The van der Waals surface area contributed by atoms with E-state index in [9.17, 15) is 4.79 Å². The van der Waals surface area contributed by atoms with Gasteiger partial charge in [0.25, 0.3) is 0 Å². The average Bonchev–Trinajstić information content (AvgIpc) is 3.16. The van der Waals surface area contributed by atoms with Gasteiger partial charge in [0, 0.05) is 22.7 Å². The molecule has 0 saturated heterocycles. The quantitative estimate of drug-likeness (QED) is 0.580. The molecular formula is C20H23N3OS. The Morgan fingerprint density at radius 2 is 2.12 bits per heavy atom. The molecule has 2 aromatic heterocycles. The minimum Gasteiger partial charge on any atom is -0.339 e. The molecule has 0 radical (unpaired) electrons. The first kappa shape index (κ1) is 16.4. The van der Waals surface area contributed by atoms with Crippen molar-refractivity contribution in [1.29, 1.82) is 0 Å². The topological polar surface area (TPSA) is 51.3 Å². The normalized spacial score (nSPS) is 17.2. The van der Waals surface area contributed by atoms with E-state index in [0.717, 1.165) is 46.2 Å². The lowest BCUT2D eigenvalue weighted by Gasteiger charge is -2.28. The number of carbonyl (C=O) groups is 1. The van der Waals surface area contributed by atoms with Crippen LogP contribution in [-0.4, -0.2) is 35.5 Å². The third-order valence-electron chi connectivity index (χ3n) is 5.44. The van der Waals surface area contributed by atoms with E-state index in [1.807, 2.05) is 41.2 Å². The standard InChI is InChI=1S/C20H23N3OS/c1-12-8-9-25-20(12)19(24)13-4-6-17-15(10-13)16-11-14(22(2)3)5-7-18(16)23(17)21/h4,6,8-10,14H,5,7,11,21H2,1-3H3. The SMILES string of the molecule is Cc1ccsc1C(=O)c1ccc2c(c1)c1c(n2N)CCC(N(C)C)C1. The molecule has 25 heavy (non-hydrogen) atoms.